The predicted molar refractivity (Wildman–Crippen MR) is 149 cm³/mol. The highest BCUT2D eigenvalue weighted by Gasteiger charge is 2.12. The van der Waals surface area contributed by atoms with E-state index in [0.29, 0.717) is 13.2 Å². The zero-order chi connectivity index (χ0) is 26.0. The first kappa shape index (κ1) is 26.0. The summed E-state index contributed by atoms with van der Waals surface area (Å²) in [4.78, 5) is 17.4. The molecule has 0 aliphatic rings. The van der Waals surface area contributed by atoms with E-state index >= 15 is 0 Å². The van der Waals surface area contributed by atoms with E-state index in [9.17, 15) is 4.79 Å². The molecule has 4 aromatic rings. The molecule has 0 fully saturated rings. The number of fused-ring (bicyclic) bond motifs is 1. The summed E-state index contributed by atoms with van der Waals surface area (Å²) in [5, 5.41) is 3.04. The summed E-state index contributed by atoms with van der Waals surface area (Å²) in [6, 6.07) is 21.8. The summed E-state index contributed by atoms with van der Waals surface area (Å²) in [6.07, 6.45) is 5.09. The molecule has 3 aromatic carbocycles. The Morgan fingerprint density at radius 1 is 1.05 bits per heavy atom. The normalized spacial score (nSPS) is 10.9. The van der Waals surface area contributed by atoms with E-state index in [1.165, 1.54) is 0 Å². The zero-order valence-electron chi connectivity index (χ0n) is 21.7. The number of hydrogen-bond donors (Lipinski definition) is 1. The smallest absolute Gasteiger partial charge is 0.251 e. The van der Waals surface area contributed by atoms with Crippen molar-refractivity contribution in [2.45, 2.75) is 39.2 Å². The molecule has 0 bridgehead atoms. The molecule has 1 N–H and O–H groups in total. The molecule has 0 saturated carbocycles. The van der Waals surface area contributed by atoms with Crippen LogP contribution in [0.2, 0.25) is 0 Å². The lowest BCUT2D eigenvalue weighted by atomic mass is 10.1. The maximum atomic E-state index is 12.5. The maximum Gasteiger partial charge on any atom is 0.251 e. The quantitative estimate of drug-likeness (QED) is 0.184. The van der Waals surface area contributed by atoms with Crippen LogP contribution in [0.15, 0.2) is 79.4 Å². The molecule has 0 aliphatic carbocycles. The van der Waals surface area contributed by atoms with Crippen LogP contribution in [-0.4, -0.2) is 35.7 Å². The number of allylic oxidation sites excluding steroid dienone is 1. The van der Waals surface area contributed by atoms with Gasteiger partial charge in [-0.2, -0.15) is 0 Å². The largest absolute Gasteiger partial charge is 0.493 e. The molecule has 0 aliphatic heterocycles. The molecule has 0 unspecified atom stereocenters. The summed E-state index contributed by atoms with van der Waals surface area (Å²) in [7, 11) is 1.66. The molecule has 0 radical (unpaired) electrons. The van der Waals surface area contributed by atoms with Crippen molar-refractivity contribution in [2.24, 2.45) is 0 Å². The van der Waals surface area contributed by atoms with Crippen LogP contribution < -0.4 is 14.8 Å². The van der Waals surface area contributed by atoms with Crippen LogP contribution >= 0.6 is 0 Å². The first-order chi connectivity index (χ1) is 18.1. The van der Waals surface area contributed by atoms with Crippen LogP contribution in [0.3, 0.4) is 0 Å². The lowest BCUT2D eigenvalue weighted by molar-refractivity contribution is 0.0952. The maximum absolute atomic E-state index is 12.5. The van der Waals surface area contributed by atoms with Gasteiger partial charge in [0.15, 0.2) is 11.5 Å². The van der Waals surface area contributed by atoms with Crippen LogP contribution in [0.1, 0.15) is 40.2 Å². The highest BCUT2D eigenvalue weighted by atomic mass is 16.5. The average Bonchev–Trinajstić information content (AvgIpc) is 3.27. The summed E-state index contributed by atoms with van der Waals surface area (Å²) in [5.74, 6) is 2.48. The van der Waals surface area contributed by atoms with Crippen LogP contribution in [0.25, 0.3) is 11.0 Å². The fraction of sp³-hybridized carbons (Fsp3) is 0.290. The Morgan fingerprint density at radius 2 is 1.86 bits per heavy atom. The number of carbonyl (C=O) groups excluding carboxylic acids is 1. The minimum atomic E-state index is -0.0308. The van der Waals surface area contributed by atoms with Crippen LogP contribution in [0, 0.1) is 6.92 Å². The van der Waals surface area contributed by atoms with E-state index < -0.39 is 0 Å². The second-order valence-electron chi connectivity index (χ2n) is 9.02. The standard InChI is InChI=1S/C31H35N3O3/c1-4-11-24-17-18-28(29(22-24)36-3)37-21-10-20-34-27-15-8-7-14-26(27)33-30(34)16-9-19-32-31(35)25-13-6-5-12-23(25)2/h4-8,12-15,17-18,22H,1,9-11,16,19-21H2,2-3H3,(H,32,35). The van der Waals surface area contributed by atoms with Crippen molar-refractivity contribution >= 4 is 16.9 Å². The van der Waals surface area contributed by atoms with Crippen LogP contribution in [-0.2, 0) is 19.4 Å². The Kier molecular flexibility index (Phi) is 8.98. The van der Waals surface area contributed by atoms with E-state index in [1.807, 2.05) is 73.7 Å². The van der Waals surface area contributed by atoms with Gasteiger partial charge in [-0.25, -0.2) is 4.98 Å². The van der Waals surface area contributed by atoms with Crippen molar-refractivity contribution in [3.05, 3.63) is 102 Å². The van der Waals surface area contributed by atoms with Gasteiger partial charge < -0.3 is 19.4 Å². The van der Waals surface area contributed by atoms with Gasteiger partial charge in [0, 0.05) is 25.1 Å². The number of methoxy groups -OCH3 is 1. The van der Waals surface area contributed by atoms with Gasteiger partial charge in [-0.15, -0.1) is 6.58 Å². The third kappa shape index (κ3) is 6.58. The first-order valence-electron chi connectivity index (χ1n) is 12.8. The Hall–Kier alpha value is -4.06. The number of amides is 1. The van der Waals surface area contributed by atoms with E-state index in [-0.39, 0.29) is 5.91 Å². The van der Waals surface area contributed by atoms with Gasteiger partial charge in [-0.1, -0.05) is 42.5 Å². The number of aryl methyl sites for hydroxylation is 3. The number of imidazole rings is 1. The molecule has 6 nitrogen and oxygen atoms in total. The monoisotopic (exact) mass is 497 g/mol. The molecular weight excluding hydrogens is 462 g/mol. The molecule has 37 heavy (non-hydrogen) atoms. The Balaban J connectivity index is 1.34. The van der Waals surface area contributed by atoms with Gasteiger partial charge in [0.2, 0.25) is 0 Å². The number of hydrogen-bond acceptors (Lipinski definition) is 4. The highest BCUT2D eigenvalue weighted by Crippen LogP contribution is 2.28. The van der Waals surface area contributed by atoms with Crippen LogP contribution in [0.4, 0.5) is 0 Å². The minimum Gasteiger partial charge on any atom is -0.493 e. The second-order valence-corrected chi connectivity index (χ2v) is 9.02. The third-order valence-electron chi connectivity index (χ3n) is 6.38. The predicted octanol–water partition coefficient (Wildman–Crippen LogP) is 5.91. The highest BCUT2D eigenvalue weighted by molar-refractivity contribution is 5.95. The fourth-order valence-electron chi connectivity index (χ4n) is 4.47. The molecule has 0 spiro atoms. The van der Waals surface area contributed by atoms with Gasteiger partial charge in [0.05, 0.1) is 24.8 Å². The molecule has 1 aromatic heterocycles. The number of ether oxygens (including phenoxy) is 2. The van der Waals surface area contributed by atoms with Gasteiger partial charge in [-0.3, -0.25) is 4.79 Å². The molecule has 4 rings (SSSR count). The zero-order valence-corrected chi connectivity index (χ0v) is 21.7. The molecule has 1 heterocycles. The molecule has 0 atom stereocenters. The second kappa shape index (κ2) is 12.8. The van der Waals surface area contributed by atoms with E-state index in [0.717, 1.165) is 77.3 Å². The molecule has 192 valence electrons. The van der Waals surface area contributed by atoms with Crippen molar-refractivity contribution in [3.8, 4) is 11.5 Å². The van der Waals surface area contributed by atoms with Crippen molar-refractivity contribution in [3.63, 3.8) is 0 Å². The Labute approximate surface area is 218 Å². The summed E-state index contributed by atoms with van der Waals surface area (Å²) < 4.78 is 13.8. The lowest BCUT2D eigenvalue weighted by Crippen LogP contribution is -2.25. The summed E-state index contributed by atoms with van der Waals surface area (Å²) in [5.41, 5.74) is 4.95. The molecule has 0 saturated heterocycles. The number of benzene rings is 3. The van der Waals surface area contributed by atoms with E-state index in [1.54, 1.807) is 7.11 Å². The molecular formula is C31H35N3O3. The Bertz CT molecular complexity index is 1360. The van der Waals surface area contributed by atoms with Gasteiger partial charge in [0.1, 0.15) is 5.82 Å². The summed E-state index contributed by atoms with van der Waals surface area (Å²) in [6.45, 7) is 7.71. The molecule has 1 amide bonds. The lowest BCUT2D eigenvalue weighted by Gasteiger charge is -2.13. The van der Waals surface area contributed by atoms with Crippen molar-refractivity contribution in [2.75, 3.05) is 20.3 Å². The van der Waals surface area contributed by atoms with E-state index in [2.05, 4.69) is 22.5 Å². The Morgan fingerprint density at radius 3 is 2.68 bits per heavy atom. The van der Waals surface area contributed by atoms with E-state index in [4.69, 9.17) is 14.5 Å². The third-order valence-corrected chi connectivity index (χ3v) is 6.38. The number of para-hydroxylation sites is 2. The van der Waals surface area contributed by atoms with Crippen LogP contribution in [0.5, 0.6) is 11.5 Å². The summed E-state index contributed by atoms with van der Waals surface area (Å²) >= 11 is 0. The number of rotatable bonds is 13. The average molecular weight is 498 g/mol. The topological polar surface area (TPSA) is 65.4 Å². The van der Waals surface area contributed by atoms with Gasteiger partial charge in [0.25, 0.3) is 5.91 Å². The van der Waals surface area contributed by atoms with Crippen molar-refractivity contribution in [1.29, 1.82) is 0 Å². The van der Waals surface area contributed by atoms with Gasteiger partial charge in [-0.05, 0) is 67.6 Å². The molecule has 6 heteroatoms. The van der Waals surface area contributed by atoms with Crippen molar-refractivity contribution in [1.82, 2.24) is 14.9 Å². The minimum absolute atomic E-state index is 0.0308. The number of aromatic nitrogens is 2. The van der Waals surface area contributed by atoms with Crippen molar-refractivity contribution < 1.29 is 14.3 Å². The fourth-order valence-corrected chi connectivity index (χ4v) is 4.47. The first-order valence-corrected chi connectivity index (χ1v) is 12.8. The number of carbonyl (C=O) groups is 1. The SMILES string of the molecule is C=CCc1ccc(OCCCn2c(CCCNC(=O)c3ccccc3C)nc3ccccc32)c(OC)c1. The number of nitrogens with one attached hydrogen (secondary N) is 1. The van der Waals surface area contributed by atoms with Gasteiger partial charge >= 0.3 is 0 Å². The number of nitrogens with zero attached hydrogens (tertiary/aromatic N) is 2.